The van der Waals surface area contributed by atoms with Gasteiger partial charge in [-0.25, -0.2) is 0 Å². The SMILES string of the molecule is CCN1CN(C[C@H](O)COc2c(C)cccc2C)CC1=O. The van der Waals surface area contributed by atoms with Gasteiger partial charge in [-0.15, -0.1) is 0 Å². The number of carbonyl (C=O) groups excluding carboxylic acids is 1. The third kappa shape index (κ3) is 3.95. The average Bonchev–Trinajstić information content (AvgIpc) is 2.78. The molecule has 1 fully saturated rings. The molecule has 0 aromatic heterocycles. The molecule has 1 aliphatic heterocycles. The number of amides is 1. The van der Waals surface area contributed by atoms with Crippen LogP contribution in [0.15, 0.2) is 18.2 Å². The van der Waals surface area contributed by atoms with E-state index in [-0.39, 0.29) is 12.5 Å². The van der Waals surface area contributed by atoms with Gasteiger partial charge in [0.15, 0.2) is 0 Å². The highest BCUT2D eigenvalue weighted by molar-refractivity contribution is 5.79. The molecule has 0 radical (unpaired) electrons. The highest BCUT2D eigenvalue weighted by atomic mass is 16.5. The van der Waals surface area contributed by atoms with Crippen LogP contribution in [0.4, 0.5) is 0 Å². The van der Waals surface area contributed by atoms with Crippen molar-refractivity contribution in [1.82, 2.24) is 9.80 Å². The van der Waals surface area contributed by atoms with E-state index in [1.807, 2.05) is 43.9 Å². The quantitative estimate of drug-likeness (QED) is 0.855. The van der Waals surface area contributed by atoms with Crippen molar-refractivity contribution in [3.63, 3.8) is 0 Å². The normalized spacial score (nSPS) is 17.3. The van der Waals surface area contributed by atoms with E-state index < -0.39 is 6.10 Å². The van der Waals surface area contributed by atoms with Crippen LogP contribution in [-0.2, 0) is 4.79 Å². The smallest absolute Gasteiger partial charge is 0.237 e. The molecule has 1 aliphatic rings. The Balaban J connectivity index is 1.83. The van der Waals surface area contributed by atoms with Gasteiger partial charge in [-0.05, 0) is 31.9 Å². The molecule has 0 bridgehead atoms. The van der Waals surface area contributed by atoms with Crippen LogP contribution >= 0.6 is 0 Å². The molecule has 116 valence electrons. The lowest BCUT2D eigenvalue weighted by molar-refractivity contribution is -0.126. The number of hydrogen-bond acceptors (Lipinski definition) is 4. The molecule has 0 aliphatic carbocycles. The first-order valence-corrected chi connectivity index (χ1v) is 7.38. The molecule has 0 saturated carbocycles. The molecule has 1 aromatic carbocycles. The summed E-state index contributed by atoms with van der Waals surface area (Å²) in [7, 11) is 0. The van der Waals surface area contributed by atoms with E-state index in [0.717, 1.165) is 16.9 Å². The lowest BCUT2D eigenvalue weighted by Gasteiger charge is -2.21. The van der Waals surface area contributed by atoms with Crippen molar-refractivity contribution < 1.29 is 14.6 Å². The zero-order valence-electron chi connectivity index (χ0n) is 13.0. The van der Waals surface area contributed by atoms with Crippen molar-refractivity contribution in [3.8, 4) is 5.75 Å². The van der Waals surface area contributed by atoms with Gasteiger partial charge >= 0.3 is 0 Å². The van der Waals surface area contributed by atoms with Gasteiger partial charge in [0, 0.05) is 13.1 Å². The molecule has 1 N–H and O–H groups in total. The standard InChI is InChI=1S/C16H24N2O3/c1-4-18-11-17(9-15(18)20)8-14(19)10-21-16-12(2)6-5-7-13(16)3/h5-7,14,19H,4,8-11H2,1-3H3/t14-/m0/s1. The Labute approximate surface area is 126 Å². The summed E-state index contributed by atoms with van der Waals surface area (Å²) in [4.78, 5) is 15.4. The maximum Gasteiger partial charge on any atom is 0.237 e. The van der Waals surface area contributed by atoms with Gasteiger partial charge in [0.2, 0.25) is 5.91 Å². The fourth-order valence-electron chi connectivity index (χ4n) is 2.62. The van der Waals surface area contributed by atoms with Gasteiger partial charge in [-0.2, -0.15) is 0 Å². The van der Waals surface area contributed by atoms with Crippen LogP contribution in [0.3, 0.4) is 0 Å². The first kappa shape index (κ1) is 15.8. The summed E-state index contributed by atoms with van der Waals surface area (Å²) in [6.45, 7) is 8.33. The minimum absolute atomic E-state index is 0.125. The van der Waals surface area contributed by atoms with Crippen LogP contribution in [-0.4, -0.2) is 59.8 Å². The Hall–Kier alpha value is -1.59. The second-order valence-corrected chi connectivity index (χ2v) is 5.59. The lowest BCUT2D eigenvalue weighted by Crippen LogP contribution is -2.35. The Morgan fingerprint density at radius 2 is 2.00 bits per heavy atom. The highest BCUT2D eigenvalue weighted by Gasteiger charge is 2.27. The first-order valence-electron chi connectivity index (χ1n) is 7.38. The van der Waals surface area contributed by atoms with E-state index in [9.17, 15) is 9.90 Å². The molecule has 2 rings (SSSR count). The molecule has 1 heterocycles. The Morgan fingerprint density at radius 1 is 1.33 bits per heavy atom. The van der Waals surface area contributed by atoms with Gasteiger partial charge in [-0.3, -0.25) is 9.69 Å². The number of rotatable bonds is 6. The largest absolute Gasteiger partial charge is 0.490 e. The second kappa shape index (κ2) is 6.91. The maximum atomic E-state index is 11.6. The number of benzene rings is 1. The molecule has 0 spiro atoms. The van der Waals surface area contributed by atoms with E-state index in [2.05, 4.69) is 0 Å². The number of aliphatic hydroxyl groups excluding tert-OH is 1. The molecule has 5 heteroatoms. The van der Waals surface area contributed by atoms with E-state index in [0.29, 0.717) is 26.3 Å². The maximum absolute atomic E-state index is 11.6. The molecule has 1 amide bonds. The van der Waals surface area contributed by atoms with Crippen molar-refractivity contribution >= 4 is 5.91 Å². The zero-order chi connectivity index (χ0) is 15.4. The average molecular weight is 292 g/mol. The molecular weight excluding hydrogens is 268 g/mol. The number of ether oxygens (including phenoxy) is 1. The minimum atomic E-state index is -0.603. The van der Waals surface area contributed by atoms with Crippen LogP contribution in [0.25, 0.3) is 0 Å². The molecule has 1 aromatic rings. The molecular formula is C16H24N2O3. The summed E-state index contributed by atoms with van der Waals surface area (Å²) < 4.78 is 5.74. The molecule has 21 heavy (non-hydrogen) atoms. The predicted molar refractivity (Wildman–Crippen MR) is 81.2 cm³/mol. The minimum Gasteiger partial charge on any atom is -0.490 e. The fourth-order valence-corrected chi connectivity index (χ4v) is 2.62. The molecule has 5 nitrogen and oxygen atoms in total. The number of aliphatic hydroxyl groups is 1. The summed E-state index contributed by atoms with van der Waals surface area (Å²) >= 11 is 0. The summed E-state index contributed by atoms with van der Waals surface area (Å²) in [5.41, 5.74) is 2.13. The van der Waals surface area contributed by atoms with E-state index in [1.54, 1.807) is 4.90 Å². The van der Waals surface area contributed by atoms with Crippen LogP contribution in [0.2, 0.25) is 0 Å². The van der Waals surface area contributed by atoms with Crippen molar-refractivity contribution in [2.75, 3.05) is 32.9 Å². The molecule has 1 atom stereocenters. The number of carbonyl (C=O) groups is 1. The van der Waals surface area contributed by atoms with Crippen LogP contribution in [0, 0.1) is 13.8 Å². The Kier molecular flexibility index (Phi) is 5.20. The van der Waals surface area contributed by atoms with E-state index in [1.165, 1.54) is 0 Å². The lowest BCUT2D eigenvalue weighted by atomic mass is 10.1. The summed E-state index contributed by atoms with van der Waals surface area (Å²) in [6, 6.07) is 5.98. The number of β-amino-alcohol motifs (C(OH)–C–C–N with tert-alkyl or cyclic N) is 1. The van der Waals surface area contributed by atoms with Crippen molar-refractivity contribution in [1.29, 1.82) is 0 Å². The van der Waals surface area contributed by atoms with Crippen molar-refractivity contribution in [3.05, 3.63) is 29.3 Å². The summed E-state index contributed by atoms with van der Waals surface area (Å²) in [6.07, 6.45) is -0.603. The fraction of sp³-hybridized carbons (Fsp3) is 0.562. The van der Waals surface area contributed by atoms with Gasteiger partial charge < -0.3 is 14.7 Å². The molecule has 1 saturated heterocycles. The third-order valence-electron chi connectivity index (χ3n) is 3.76. The summed E-state index contributed by atoms with van der Waals surface area (Å²) in [5.74, 6) is 0.963. The van der Waals surface area contributed by atoms with Gasteiger partial charge in [-0.1, -0.05) is 18.2 Å². The zero-order valence-corrected chi connectivity index (χ0v) is 13.0. The van der Waals surface area contributed by atoms with E-state index >= 15 is 0 Å². The number of aryl methyl sites for hydroxylation is 2. The monoisotopic (exact) mass is 292 g/mol. The number of hydrogen-bond donors (Lipinski definition) is 1. The summed E-state index contributed by atoms with van der Waals surface area (Å²) in [5, 5.41) is 10.1. The topological polar surface area (TPSA) is 53.0 Å². The van der Waals surface area contributed by atoms with Crippen molar-refractivity contribution in [2.45, 2.75) is 26.9 Å². The second-order valence-electron chi connectivity index (χ2n) is 5.59. The Bertz CT molecular complexity index is 484. The van der Waals surface area contributed by atoms with Crippen molar-refractivity contribution in [2.24, 2.45) is 0 Å². The number of para-hydroxylation sites is 1. The first-order chi connectivity index (χ1) is 10.0. The van der Waals surface area contributed by atoms with Crippen LogP contribution in [0.1, 0.15) is 18.1 Å². The van der Waals surface area contributed by atoms with Crippen LogP contribution in [0.5, 0.6) is 5.75 Å². The number of likely N-dealkylation sites (N-methyl/N-ethyl adjacent to an activating group) is 1. The van der Waals surface area contributed by atoms with Gasteiger partial charge in [0.1, 0.15) is 18.5 Å². The van der Waals surface area contributed by atoms with Crippen LogP contribution < -0.4 is 4.74 Å². The highest BCUT2D eigenvalue weighted by Crippen LogP contribution is 2.22. The Morgan fingerprint density at radius 3 is 2.57 bits per heavy atom. The van der Waals surface area contributed by atoms with Gasteiger partial charge in [0.05, 0.1) is 13.2 Å². The third-order valence-corrected chi connectivity index (χ3v) is 3.76. The molecule has 0 unspecified atom stereocenters. The number of nitrogens with zero attached hydrogens (tertiary/aromatic N) is 2. The van der Waals surface area contributed by atoms with Gasteiger partial charge in [0.25, 0.3) is 0 Å². The predicted octanol–water partition coefficient (Wildman–Crippen LogP) is 1.16. The van der Waals surface area contributed by atoms with E-state index in [4.69, 9.17) is 4.74 Å².